The van der Waals surface area contributed by atoms with Crippen molar-refractivity contribution in [3.8, 4) is 11.4 Å². The molecule has 1 unspecified atom stereocenters. The average molecular weight is 390 g/mol. The van der Waals surface area contributed by atoms with E-state index in [2.05, 4.69) is 35.9 Å². The number of benzene rings is 1. The molecule has 9 heteroatoms. The van der Waals surface area contributed by atoms with E-state index in [1.807, 2.05) is 24.3 Å². The number of carbonyl (C=O) groups excluding carboxylic acids is 1. The van der Waals surface area contributed by atoms with Crippen molar-refractivity contribution in [1.29, 1.82) is 0 Å². The fourth-order valence-corrected chi connectivity index (χ4v) is 3.19. The summed E-state index contributed by atoms with van der Waals surface area (Å²) in [6, 6.07) is 9.74. The van der Waals surface area contributed by atoms with Gasteiger partial charge in [0.25, 0.3) is 0 Å². The Bertz CT molecular complexity index is 989. The van der Waals surface area contributed by atoms with Gasteiger partial charge in [-0.25, -0.2) is 15.0 Å². The highest BCUT2D eigenvalue weighted by Crippen LogP contribution is 2.24. The highest BCUT2D eigenvalue weighted by molar-refractivity contribution is 5.78. The molecule has 1 aliphatic heterocycles. The lowest BCUT2D eigenvalue weighted by atomic mass is 10.2. The first-order valence-electron chi connectivity index (χ1n) is 9.43. The molecule has 0 saturated carbocycles. The van der Waals surface area contributed by atoms with E-state index in [0.717, 1.165) is 30.8 Å². The Labute approximate surface area is 168 Å². The van der Waals surface area contributed by atoms with Crippen molar-refractivity contribution in [3.63, 3.8) is 0 Å². The molecule has 3 aromatic rings. The zero-order valence-electron chi connectivity index (χ0n) is 15.8. The number of primary amides is 1. The first kappa shape index (κ1) is 18.8. The molecule has 148 valence electrons. The molecule has 1 saturated heterocycles. The molecule has 29 heavy (non-hydrogen) atoms. The van der Waals surface area contributed by atoms with Crippen molar-refractivity contribution in [2.45, 2.75) is 18.9 Å². The van der Waals surface area contributed by atoms with Gasteiger partial charge >= 0.3 is 0 Å². The van der Waals surface area contributed by atoms with Gasteiger partial charge in [-0.3, -0.25) is 9.78 Å². The molecule has 1 aromatic carbocycles. The SMILES string of the molecule is NC(=O)Cc1ncc(NC2CCNC2)nc1Nc1cccc(-c2ncccn2)c1. The molecule has 0 aliphatic carbocycles. The number of aromatic nitrogens is 4. The Morgan fingerprint density at radius 2 is 2.07 bits per heavy atom. The van der Waals surface area contributed by atoms with Crippen molar-refractivity contribution < 1.29 is 4.79 Å². The third-order valence-electron chi connectivity index (χ3n) is 4.55. The van der Waals surface area contributed by atoms with Crippen LogP contribution in [0.15, 0.2) is 48.9 Å². The monoisotopic (exact) mass is 390 g/mol. The fraction of sp³-hybridized carbons (Fsp3) is 0.250. The predicted molar refractivity (Wildman–Crippen MR) is 111 cm³/mol. The number of carbonyl (C=O) groups is 1. The summed E-state index contributed by atoms with van der Waals surface area (Å²) in [4.78, 5) is 29.1. The van der Waals surface area contributed by atoms with E-state index in [4.69, 9.17) is 5.73 Å². The van der Waals surface area contributed by atoms with Crippen LogP contribution >= 0.6 is 0 Å². The van der Waals surface area contributed by atoms with Crippen LogP contribution in [0.1, 0.15) is 12.1 Å². The number of anilines is 3. The van der Waals surface area contributed by atoms with Gasteiger partial charge in [0.05, 0.1) is 18.3 Å². The minimum Gasteiger partial charge on any atom is -0.369 e. The summed E-state index contributed by atoms with van der Waals surface area (Å²) in [6.45, 7) is 1.86. The third-order valence-corrected chi connectivity index (χ3v) is 4.55. The van der Waals surface area contributed by atoms with Crippen LogP contribution in [-0.4, -0.2) is 45.0 Å². The lowest BCUT2D eigenvalue weighted by Gasteiger charge is -2.15. The second-order valence-electron chi connectivity index (χ2n) is 6.81. The maximum Gasteiger partial charge on any atom is 0.223 e. The number of nitrogens with one attached hydrogen (secondary N) is 3. The van der Waals surface area contributed by atoms with Crippen LogP contribution in [0.5, 0.6) is 0 Å². The molecule has 1 atom stereocenters. The first-order chi connectivity index (χ1) is 14.2. The second kappa shape index (κ2) is 8.61. The van der Waals surface area contributed by atoms with Crippen LogP contribution in [0.25, 0.3) is 11.4 Å². The van der Waals surface area contributed by atoms with E-state index in [0.29, 0.717) is 29.2 Å². The molecular weight excluding hydrogens is 368 g/mol. The summed E-state index contributed by atoms with van der Waals surface area (Å²) < 4.78 is 0. The van der Waals surface area contributed by atoms with Crippen molar-refractivity contribution in [2.75, 3.05) is 23.7 Å². The standard InChI is InChI=1S/C20H22N8O/c21-17(29)10-16-20(28-18(12-25-16)26-15-5-8-22-11-15)27-14-4-1-3-13(9-14)19-23-6-2-7-24-19/h1-4,6-7,9,12,15,22H,5,8,10-11H2,(H2,21,29)(H2,26,27,28). The summed E-state index contributed by atoms with van der Waals surface area (Å²) in [6.07, 6.45) is 6.06. The molecule has 4 rings (SSSR count). The molecule has 0 bridgehead atoms. The Hall–Kier alpha value is -3.59. The topological polar surface area (TPSA) is 131 Å². The highest BCUT2D eigenvalue weighted by Gasteiger charge is 2.17. The van der Waals surface area contributed by atoms with Gasteiger partial charge in [-0.15, -0.1) is 0 Å². The van der Waals surface area contributed by atoms with Crippen LogP contribution in [0.4, 0.5) is 17.3 Å². The summed E-state index contributed by atoms with van der Waals surface area (Å²) in [5.74, 6) is 1.31. The smallest absolute Gasteiger partial charge is 0.223 e. The molecule has 3 heterocycles. The number of hydrogen-bond donors (Lipinski definition) is 4. The van der Waals surface area contributed by atoms with E-state index < -0.39 is 5.91 Å². The third kappa shape index (κ3) is 4.82. The number of rotatable bonds is 7. The first-order valence-corrected chi connectivity index (χ1v) is 9.43. The number of hydrogen-bond acceptors (Lipinski definition) is 8. The van der Waals surface area contributed by atoms with Crippen molar-refractivity contribution in [1.82, 2.24) is 25.3 Å². The van der Waals surface area contributed by atoms with Gasteiger partial charge in [-0.2, -0.15) is 0 Å². The summed E-state index contributed by atoms with van der Waals surface area (Å²) in [5, 5.41) is 9.94. The Morgan fingerprint density at radius 3 is 2.83 bits per heavy atom. The van der Waals surface area contributed by atoms with Crippen molar-refractivity contribution >= 4 is 23.2 Å². The molecule has 1 fully saturated rings. The minimum absolute atomic E-state index is 0.00207. The van der Waals surface area contributed by atoms with Crippen LogP contribution in [0.3, 0.4) is 0 Å². The molecule has 5 N–H and O–H groups in total. The van der Waals surface area contributed by atoms with Gasteiger partial charge in [0.1, 0.15) is 5.82 Å². The van der Waals surface area contributed by atoms with Crippen LogP contribution in [0.2, 0.25) is 0 Å². The average Bonchev–Trinajstić information content (AvgIpc) is 3.24. The van der Waals surface area contributed by atoms with E-state index in [1.54, 1.807) is 24.7 Å². The fourth-order valence-electron chi connectivity index (χ4n) is 3.19. The minimum atomic E-state index is -0.463. The highest BCUT2D eigenvalue weighted by atomic mass is 16.1. The maximum absolute atomic E-state index is 11.5. The van der Waals surface area contributed by atoms with Crippen LogP contribution in [-0.2, 0) is 11.2 Å². The maximum atomic E-state index is 11.5. The molecule has 2 aromatic heterocycles. The van der Waals surface area contributed by atoms with Gasteiger partial charge in [0.2, 0.25) is 5.91 Å². The van der Waals surface area contributed by atoms with E-state index in [-0.39, 0.29) is 6.42 Å². The van der Waals surface area contributed by atoms with Crippen molar-refractivity contribution in [2.24, 2.45) is 5.73 Å². The molecular formula is C20H22N8O. The van der Waals surface area contributed by atoms with Gasteiger partial charge < -0.3 is 21.7 Å². The zero-order valence-corrected chi connectivity index (χ0v) is 15.8. The number of nitrogens with two attached hydrogens (primary N) is 1. The van der Waals surface area contributed by atoms with E-state index >= 15 is 0 Å². The molecule has 1 amide bonds. The number of amides is 1. The van der Waals surface area contributed by atoms with Gasteiger partial charge in [0.15, 0.2) is 11.6 Å². The molecule has 0 radical (unpaired) electrons. The lowest BCUT2D eigenvalue weighted by Crippen LogP contribution is -2.23. The largest absolute Gasteiger partial charge is 0.369 e. The Balaban J connectivity index is 1.61. The van der Waals surface area contributed by atoms with E-state index in [9.17, 15) is 4.79 Å². The van der Waals surface area contributed by atoms with Gasteiger partial charge in [-0.05, 0) is 31.2 Å². The van der Waals surface area contributed by atoms with Crippen LogP contribution < -0.4 is 21.7 Å². The normalized spacial score (nSPS) is 15.8. The molecule has 0 spiro atoms. The second-order valence-corrected chi connectivity index (χ2v) is 6.81. The lowest BCUT2D eigenvalue weighted by molar-refractivity contribution is -0.117. The zero-order chi connectivity index (χ0) is 20.1. The quantitative estimate of drug-likeness (QED) is 0.477. The molecule has 9 nitrogen and oxygen atoms in total. The predicted octanol–water partition coefficient (Wildman–Crippen LogP) is 1.48. The summed E-state index contributed by atoms with van der Waals surface area (Å²) in [5.41, 5.74) is 7.53. The van der Waals surface area contributed by atoms with Crippen LogP contribution in [0, 0.1) is 0 Å². The van der Waals surface area contributed by atoms with E-state index in [1.165, 1.54) is 0 Å². The Morgan fingerprint density at radius 1 is 1.21 bits per heavy atom. The van der Waals surface area contributed by atoms with Gasteiger partial charge in [0, 0.05) is 36.2 Å². The van der Waals surface area contributed by atoms with Crippen molar-refractivity contribution in [3.05, 3.63) is 54.6 Å². The summed E-state index contributed by atoms with van der Waals surface area (Å²) >= 11 is 0. The molecule has 1 aliphatic rings. The van der Waals surface area contributed by atoms with Gasteiger partial charge in [-0.1, -0.05) is 12.1 Å². The Kier molecular flexibility index (Phi) is 5.57. The summed E-state index contributed by atoms with van der Waals surface area (Å²) in [7, 11) is 0. The number of nitrogens with zero attached hydrogens (tertiary/aromatic N) is 4.